The number of anilines is 2. The van der Waals surface area contributed by atoms with Crippen molar-refractivity contribution in [2.45, 2.75) is 12.8 Å². The van der Waals surface area contributed by atoms with Gasteiger partial charge in [0.15, 0.2) is 5.11 Å². The Bertz CT molecular complexity index is 973. The molecule has 152 valence electrons. The largest absolute Gasteiger partial charge is 0.366 e. The number of carbonyl (C=O) groups excluding carboxylic acids is 1. The highest BCUT2D eigenvalue weighted by Gasteiger charge is 2.24. The van der Waals surface area contributed by atoms with Gasteiger partial charge in [0.1, 0.15) is 5.69 Å². The lowest BCUT2D eigenvalue weighted by Gasteiger charge is -2.18. The number of carbonyl (C=O) groups is 1. The monoisotopic (exact) mass is 472 g/mol. The van der Waals surface area contributed by atoms with Crippen LogP contribution in [-0.4, -0.2) is 29.0 Å². The number of thiocarbonyl (C=S) groups is 1. The van der Waals surface area contributed by atoms with Crippen molar-refractivity contribution in [3.63, 3.8) is 0 Å². The Morgan fingerprint density at radius 2 is 1.72 bits per heavy atom. The van der Waals surface area contributed by atoms with E-state index in [1.165, 1.54) is 24.3 Å². The molecule has 2 N–H and O–H groups in total. The Morgan fingerprint density at radius 1 is 1.10 bits per heavy atom. The molecule has 0 saturated carbocycles. The number of nitro groups is 1. The number of amides is 1. The fourth-order valence-electron chi connectivity index (χ4n) is 3.02. The molecule has 1 aliphatic heterocycles. The summed E-state index contributed by atoms with van der Waals surface area (Å²) in [6.45, 7) is 1.51. The second-order valence-corrected chi connectivity index (χ2v) is 7.97. The summed E-state index contributed by atoms with van der Waals surface area (Å²) in [4.78, 5) is 25.5. The number of hydrogen-bond acceptors (Lipinski definition) is 5. The lowest BCUT2D eigenvalue weighted by Crippen LogP contribution is -2.34. The molecule has 3 rings (SSSR count). The molecular formula is C18H15Cl3N4O3S. The van der Waals surface area contributed by atoms with Crippen molar-refractivity contribution < 1.29 is 9.72 Å². The molecule has 0 aromatic heterocycles. The van der Waals surface area contributed by atoms with E-state index in [0.717, 1.165) is 25.9 Å². The summed E-state index contributed by atoms with van der Waals surface area (Å²) in [5.41, 5.74) is 0.780. The van der Waals surface area contributed by atoms with Crippen LogP contribution in [0, 0.1) is 10.1 Å². The van der Waals surface area contributed by atoms with Gasteiger partial charge in [0.05, 0.1) is 20.7 Å². The summed E-state index contributed by atoms with van der Waals surface area (Å²) < 4.78 is 0. The van der Waals surface area contributed by atoms with E-state index in [1.807, 2.05) is 4.90 Å². The first-order valence-electron chi connectivity index (χ1n) is 8.56. The molecule has 1 saturated heterocycles. The highest BCUT2D eigenvalue weighted by atomic mass is 35.5. The van der Waals surface area contributed by atoms with Crippen LogP contribution in [0.15, 0.2) is 30.3 Å². The summed E-state index contributed by atoms with van der Waals surface area (Å²) >= 11 is 23.2. The molecule has 1 aliphatic rings. The van der Waals surface area contributed by atoms with Crippen LogP contribution in [0.5, 0.6) is 0 Å². The molecule has 0 spiro atoms. The second kappa shape index (κ2) is 9.13. The molecule has 11 heteroatoms. The Kier molecular flexibility index (Phi) is 6.79. The van der Waals surface area contributed by atoms with E-state index in [0.29, 0.717) is 16.4 Å². The van der Waals surface area contributed by atoms with Crippen molar-refractivity contribution in [2.75, 3.05) is 23.3 Å². The third-order valence-electron chi connectivity index (χ3n) is 4.35. The maximum Gasteiger partial charge on any atom is 0.293 e. The number of hydrogen-bond donors (Lipinski definition) is 2. The van der Waals surface area contributed by atoms with Crippen molar-refractivity contribution in [1.29, 1.82) is 0 Å². The minimum atomic E-state index is -0.597. The SMILES string of the molecule is O=C(NC(=S)Nc1c(Cl)cc(Cl)cc1Cl)c1ccc(N2CCCC2)c([N+](=O)[O-])c1. The van der Waals surface area contributed by atoms with E-state index in [1.54, 1.807) is 6.07 Å². The van der Waals surface area contributed by atoms with Crippen molar-refractivity contribution in [3.8, 4) is 0 Å². The number of nitrogens with zero attached hydrogens (tertiary/aromatic N) is 2. The molecule has 0 aliphatic carbocycles. The summed E-state index contributed by atoms with van der Waals surface area (Å²) in [6, 6.07) is 7.31. The first kappa shape index (κ1) is 21.6. The molecule has 1 fully saturated rings. The smallest absolute Gasteiger partial charge is 0.293 e. The summed E-state index contributed by atoms with van der Waals surface area (Å²) in [6.07, 6.45) is 1.96. The van der Waals surface area contributed by atoms with Crippen LogP contribution in [0.1, 0.15) is 23.2 Å². The van der Waals surface area contributed by atoms with Crippen molar-refractivity contribution in [1.82, 2.24) is 5.32 Å². The maximum absolute atomic E-state index is 12.5. The predicted molar refractivity (Wildman–Crippen MR) is 120 cm³/mol. The van der Waals surface area contributed by atoms with E-state index >= 15 is 0 Å². The number of nitrogens with one attached hydrogen (secondary N) is 2. The Hall–Kier alpha value is -2.13. The standard InChI is InChI=1S/C18H15Cl3N4O3S/c19-11-8-12(20)16(13(21)9-11)22-18(29)23-17(26)10-3-4-14(15(7-10)25(27)28)24-5-1-2-6-24/h3-4,7-9H,1-2,5-6H2,(H2,22,23,26,29). The lowest BCUT2D eigenvalue weighted by atomic mass is 10.1. The first-order chi connectivity index (χ1) is 13.8. The van der Waals surface area contributed by atoms with Crippen LogP contribution in [-0.2, 0) is 0 Å². The molecule has 0 bridgehead atoms. The van der Waals surface area contributed by atoms with Crippen LogP contribution >= 0.6 is 47.0 Å². The van der Waals surface area contributed by atoms with Gasteiger partial charge >= 0.3 is 0 Å². The Labute approximate surface area is 187 Å². The van der Waals surface area contributed by atoms with Gasteiger partial charge in [0.2, 0.25) is 0 Å². The van der Waals surface area contributed by atoms with Crippen molar-refractivity contribution in [2.24, 2.45) is 0 Å². The first-order valence-corrected chi connectivity index (χ1v) is 10.1. The van der Waals surface area contributed by atoms with Gasteiger partial charge in [-0.2, -0.15) is 0 Å². The molecule has 1 heterocycles. The van der Waals surface area contributed by atoms with Crippen LogP contribution in [0.2, 0.25) is 15.1 Å². The van der Waals surface area contributed by atoms with E-state index in [4.69, 9.17) is 47.0 Å². The molecule has 1 amide bonds. The second-order valence-electron chi connectivity index (χ2n) is 6.31. The maximum atomic E-state index is 12.5. The van der Waals surface area contributed by atoms with Crippen molar-refractivity contribution >= 4 is 75.1 Å². The van der Waals surface area contributed by atoms with Gasteiger partial charge in [-0.15, -0.1) is 0 Å². The fourth-order valence-corrected chi connectivity index (χ4v) is 4.12. The normalized spacial score (nSPS) is 13.3. The molecular weight excluding hydrogens is 459 g/mol. The van der Waals surface area contributed by atoms with Gasteiger partial charge < -0.3 is 10.2 Å². The van der Waals surface area contributed by atoms with E-state index in [2.05, 4.69) is 10.6 Å². The van der Waals surface area contributed by atoms with Crippen LogP contribution < -0.4 is 15.5 Å². The third kappa shape index (κ3) is 5.08. The molecule has 0 radical (unpaired) electrons. The van der Waals surface area contributed by atoms with Gasteiger partial charge in [0, 0.05) is 29.7 Å². The average Bonchev–Trinajstić information content (AvgIpc) is 3.18. The lowest BCUT2D eigenvalue weighted by molar-refractivity contribution is -0.384. The molecule has 0 unspecified atom stereocenters. The number of rotatable bonds is 4. The zero-order valence-corrected chi connectivity index (χ0v) is 18.0. The van der Waals surface area contributed by atoms with Crippen LogP contribution in [0.25, 0.3) is 0 Å². The highest BCUT2D eigenvalue weighted by Crippen LogP contribution is 2.34. The van der Waals surface area contributed by atoms with Gasteiger partial charge in [-0.05, 0) is 49.3 Å². The summed E-state index contributed by atoms with van der Waals surface area (Å²) in [5, 5.41) is 17.4. The summed E-state index contributed by atoms with van der Waals surface area (Å²) in [7, 11) is 0. The number of benzene rings is 2. The van der Waals surface area contributed by atoms with E-state index in [9.17, 15) is 14.9 Å². The zero-order valence-electron chi connectivity index (χ0n) is 14.9. The van der Waals surface area contributed by atoms with Gasteiger partial charge in [-0.3, -0.25) is 20.2 Å². The van der Waals surface area contributed by atoms with Gasteiger partial charge in [-0.25, -0.2) is 0 Å². The summed E-state index contributed by atoms with van der Waals surface area (Å²) in [5.74, 6) is -0.597. The Morgan fingerprint density at radius 3 is 2.31 bits per heavy atom. The predicted octanol–water partition coefficient (Wildman–Crippen LogP) is 5.28. The van der Waals surface area contributed by atoms with Crippen LogP contribution in [0.4, 0.5) is 17.1 Å². The topological polar surface area (TPSA) is 87.5 Å². The van der Waals surface area contributed by atoms with Crippen molar-refractivity contribution in [3.05, 3.63) is 61.1 Å². The molecule has 0 atom stereocenters. The van der Waals surface area contributed by atoms with Crippen LogP contribution in [0.3, 0.4) is 0 Å². The Balaban J connectivity index is 1.76. The molecule has 2 aromatic carbocycles. The average molecular weight is 474 g/mol. The zero-order chi connectivity index (χ0) is 21.1. The fraction of sp³-hybridized carbons (Fsp3) is 0.222. The highest BCUT2D eigenvalue weighted by molar-refractivity contribution is 7.80. The third-order valence-corrected chi connectivity index (χ3v) is 5.37. The van der Waals surface area contributed by atoms with Gasteiger partial charge in [0.25, 0.3) is 11.6 Å². The van der Waals surface area contributed by atoms with E-state index < -0.39 is 10.8 Å². The van der Waals surface area contributed by atoms with E-state index in [-0.39, 0.29) is 26.4 Å². The molecule has 2 aromatic rings. The quantitative estimate of drug-likeness (QED) is 0.357. The number of nitro benzene ring substituents is 1. The molecule has 7 nitrogen and oxygen atoms in total. The minimum absolute atomic E-state index is 0.0626. The molecule has 29 heavy (non-hydrogen) atoms. The van der Waals surface area contributed by atoms with Gasteiger partial charge in [-0.1, -0.05) is 34.8 Å². The minimum Gasteiger partial charge on any atom is -0.366 e. The number of halogens is 3.